The van der Waals surface area contributed by atoms with E-state index in [1.165, 1.54) is 64.2 Å². The molecule has 7 atom stereocenters. The molecule has 0 aromatic rings. The third-order valence-electron chi connectivity index (χ3n) is 5.91. The molecule has 0 aromatic carbocycles. The van der Waals surface area contributed by atoms with Gasteiger partial charge in [0.05, 0.1) is 0 Å². The maximum absolute atomic E-state index is 2.51. The van der Waals surface area contributed by atoms with E-state index in [4.69, 9.17) is 0 Å². The first-order valence-corrected chi connectivity index (χ1v) is 15.1. The zero-order valence-corrected chi connectivity index (χ0v) is 25.7. The zero-order valence-electron chi connectivity index (χ0n) is 22.0. The van der Waals surface area contributed by atoms with Gasteiger partial charge >= 0.3 is 0 Å². The molecule has 0 aromatic heterocycles. The number of hydrogen-bond acceptors (Lipinski definition) is 0. The second-order valence-corrected chi connectivity index (χ2v) is 11.0. The van der Waals surface area contributed by atoms with Gasteiger partial charge in [-0.15, -0.1) is 17.9 Å². The summed E-state index contributed by atoms with van der Waals surface area (Å²) in [4.78, 5) is 0. The van der Waals surface area contributed by atoms with Crippen molar-refractivity contribution in [3.05, 3.63) is 0 Å². The SMILES string of the molecule is CCCCCC(CC(C)CC(C)C)CC(CC(C)C)CC(C)CC(C)C.P.PP. The van der Waals surface area contributed by atoms with Crippen LogP contribution in [0.15, 0.2) is 0 Å². The monoisotopic (exact) mass is 466 g/mol. The minimum atomic E-state index is 0. The minimum Gasteiger partial charge on any atom is -0.153 e. The second-order valence-electron chi connectivity index (χ2n) is 11.0. The van der Waals surface area contributed by atoms with Gasteiger partial charge in [-0.05, 0) is 80.0 Å². The van der Waals surface area contributed by atoms with Crippen LogP contribution >= 0.6 is 27.8 Å². The Bertz CT molecular complexity index is 315. The Morgan fingerprint density at radius 1 is 0.517 bits per heavy atom. The summed E-state index contributed by atoms with van der Waals surface area (Å²) in [5, 5.41) is 0. The van der Waals surface area contributed by atoms with Gasteiger partial charge < -0.3 is 0 Å². The summed E-state index contributed by atoms with van der Waals surface area (Å²) in [7, 11) is 4.67. The van der Waals surface area contributed by atoms with Gasteiger partial charge in [-0.1, -0.05) is 88.0 Å². The molecule has 0 saturated heterocycles. The van der Waals surface area contributed by atoms with Crippen molar-refractivity contribution >= 4 is 27.8 Å². The van der Waals surface area contributed by atoms with Crippen LogP contribution in [-0.2, 0) is 0 Å². The fraction of sp³-hybridized carbons (Fsp3) is 1.00. The molecule has 0 aliphatic heterocycles. The molecule has 0 radical (unpaired) electrons. The predicted octanol–water partition coefficient (Wildman–Crippen LogP) is 10.1. The zero-order chi connectivity index (χ0) is 22.1. The van der Waals surface area contributed by atoms with Gasteiger partial charge in [0.1, 0.15) is 0 Å². The van der Waals surface area contributed by atoms with E-state index in [1.54, 1.807) is 0 Å². The molecule has 0 heterocycles. The van der Waals surface area contributed by atoms with Crippen LogP contribution in [0.1, 0.15) is 127 Å². The first kappa shape index (κ1) is 34.9. The van der Waals surface area contributed by atoms with Crippen molar-refractivity contribution in [3.63, 3.8) is 0 Å². The third-order valence-corrected chi connectivity index (χ3v) is 5.91. The molecular formula is C26H61P3. The Morgan fingerprint density at radius 3 is 1.31 bits per heavy atom. The van der Waals surface area contributed by atoms with Gasteiger partial charge in [0.2, 0.25) is 0 Å². The number of hydrogen-bond donors (Lipinski definition) is 0. The van der Waals surface area contributed by atoms with Crippen LogP contribution in [0.25, 0.3) is 0 Å². The molecule has 0 fully saturated rings. The van der Waals surface area contributed by atoms with Crippen molar-refractivity contribution in [1.29, 1.82) is 0 Å². The van der Waals surface area contributed by atoms with Gasteiger partial charge in [-0.2, -0.15) is 9.90 Å². The molecule has 180 valence electrons. The molecule has 0 N–H and O–H groups in total. The van der Waals surface area contributed by atoms with Crippen molar-refractivity contribution in [2.75, 3.05) is 0 Å². The summed E-state index contributed by atoms with van der Waals surface area (Å²) in [5.74, 6) is 6.23. The smallest absolute Gasteiger partial charge is 0.0407 e. The van der Waals surface area contributed by atoms with Gasteiger partial charge in [0.25, 0.3) is 0 Å². The van der Waals surface area contributed by atoms with Gasteiger partial charge in [0.15, 0.2) is 0 Å². The summed E-state index contributed by atoms with van der Waals surface area (Å²) in [6.07, 6.45) is 14.4. The summed E-state index contributed by atoms with van der Waals surface area (Å²) in [6, 6.07) is 0. The lowest BCUT2D eigenvalue weighted by Gasteiger charge is -2.29. The lowest BCUT2D eigenvalue weighted by Crippen LogP contribution is -2.17. The molecular weight excluding hydrogens is 405 g/mol. The van der Waals surface area contributed by atoms with Gasteiger partial charge in [0, 0.05) is 0 Å². The molecule has 7 unspecified atom stereocenters. The van der Waals surface area contributed by atoms with E-state index in [-0.39, 0.29) is 9.90 Å². The highest BCUT2D eigenvalue weighted by Gasteiger charge is 2.22. The first-order valence-electron chi connectivity index (χ1n) is 12.5. The van der Waals surface area contributed by atoms with Crippen LogP contribution in [0.5, 0.6) is 0 Å². The second kappa shape index (κ2) is 22.5. The van der Waals surface area contributed by atoms with Crippen LogP contribution in [0.2, 0.25) is 0 Å². The highest BCUT2D eigenvalue weighted by molar-refractivity contribution is 7.92. The van der Waals surface area contributed by atoms with E-state index in [9.17, 15) is 0 Å². The van der Waals surface area contributed by atoms with Crippen molar-refractivity contribution in [3.8, 4) is 0 Å². The molecule has 29 heavy (non-hydrogen) atoms. The van der Waals surface area contributed by atoms with Crippen LogP contribution in [0, 0.1) is 41.4 Å². The Kier molecular flexibility index (Phi) is 27.1. The maximum Gasteiger partial charge on any atom is -0.0407 e. The summed E-state index contributed by atoms with van der Waals surface area (Å²) in [5.41, 5.74) is 0. The van der Waals surface area contributed by atoms with Gasteiger partial charge in [-0.25, -0.2) is 0 Å². The summed E-state index contributed by atoms with van der Waals surface area (Å²) in [6.45, 7) is 21.7. The van der Waals surface area contributed by atoms with E-state index in [2.05, 4.69) is 80.2 Å². The molecule has 3 heteroatoms. The first-order chi connectivity index (χ1) is 13.1. The van der Waals surface area contributed by atoms with Crippen LogP contribution in [0.4, 0.5) is 0 Å². The van der Waals surface area contributed by atoms with Crippen LogP contribution < -0.4 is 0 Å². The number of unbranched alkanes of at least 4 members (excludes halogenated alkanes) is 2. The maximum atomic E-state index is 2.51. The van der Waals surface area contributed by atoms with E-state index in [1.807, 2.05) is 0 Å². The van der Waals surface area contributed by atoms with E-state index < -0.39 is 0 Å². The van der Waals surface area contributed by atoms with Gasteiger partial charge in [-0.3, -0.25) is 0 Å². The predicted molar refractivity (Wildman–Crippen MR) is 152 cm³/mol. The quantitative estimate of drug-likeness (QED) is 0.157. The van der Waals surface area contributed by atoms with E-state index >= 15 is 0 Å². The lowest BCUT2D eigenvalue weighted by molar-refractivity contribution is 0.221. The van der Waals surface area contributed by atoms with Crippen LogP contribution in [0.3, 0.4) is 0 Å². The van der Waals surface area contributed by atoms with Crippen molar-refractivity contribution < 1.29 is 0 Å². The molecule has 0 nitrogen and oxygen atoms in total. The van der Waals surface area contributed by atoms with Crippen molar-refractivity contribution in [2.45, 2.75) is 127 Å². The number of rotatable bonds is 16. The Balaban J connectivity index is -0.00000218. The minimum absolute atomic E-state index is 0. The Labute approximate surface area is 195 Å². The molecule has 0 aliphatic rings. The van der Waals surface area contributed by atoms with E-state index in [0.717, 1.165) is 41.4 Å². The largest absolute Gasteiger partial charge is 0.153 e. The van der Waals surface area contributed by atoms with Crippen molar-refractivity contribution in [2.24, 2.45) is 41.4 Å². The Morgan fingerprint density at radius 2 is 0.931 bits per heavy atom. The lowest BCUT2D eigenvalue weighted by atomic mass is 9.76. The fourth-order valence-corrected chi connectivity index (χ4v) is 5.38. The normalized spacial score (nSPS) is 15.5. The highest BCUT2D eigenvalue weighted by Crippen LogP contribution is 2.34. The average Bonchev–Trinajstić information content (AvgIpc) is 2.54. The fourth-order valence-electron chi connectivity index (χ4n) is 5.38. The average molecular weight is 467 g/mol. The summed E-state index contributed by atoms with van der Waals surface area (Å²) >= 11 is 0. The molecule has 0 amide bonds. The molecule has 0 saturated carbocycles. The molecule has 0 aliphatic carbocycles. The molecule has 0 bridgehead atoms. The standard InChI is InChI=1S/C26H54.H4P2.H3P/c1-10-11-12-13-25(17-23(8)14-20(2)3)19-26(16-22(6)7)18-24(9)15-21(4)5;1-2;/h20-26H,10-19H2,1-9H3;1-2H2;1H3. The van der Waals surface area contributed by atoms with E-state index in [0.29, 0.717) is 0 Å². The van der Waals surface area contributed by atoms with Crippen molar-refractivity contribution in [1.82, 2.24) is 0 Å². The topological polar surface area (TPSA) is 0 Å². The third kappa shape index (κ3) is 23.8. The Hall–Kier alpha value is 1.29. The van der Waals surface area contributed by atoms with Crippen LogP contribution in [-0.4, -0.2) is 0 Å². The molecule has 0 spiro atoms. The summed E-state index contributed by atoms with van der Waals surface area (Å²) < 4.78 is 0. The highest BCUT2D eigenvalue weighted by atomic mass is 32.0. The molecule has 0 rings (SSSR count).